The number of carbonyl (C=O) groups is 2. The summed E-state index contributed by atoms with van der Waals surface area (Å²) in [5, 5.41) is 12.4. The summed E-state index contributed by atoms with van der Waals surface area (Å²) in [4.78, 5) is 24.5. The molecule has 4 heterocycles. The fourth-order valence-electron chi connectivity index (χ4n) is 7.72. The maximum Gasteiger partial charge on any atom is 0.418 e. The van der Waals surface area contributed by atoms with Crippen molar-refractivity contribution in [2.75, 3.05) is 43.9 Å². The first kappa shape index (κ1) is 51.8. The summed E-state index contributed by atoms with van der Waals surface area (Å²) in [5.74, 6) is 0.699. The molecule has 2 aliphatic heterocycles. The molecule has 4 aromatic carbocycles. The first-order chi connectivity index (χ1) is 33.4. The Morgan fingerprint density at radius 2 is 1.00 bits per heavy atom. The van der Waals surface area contributed by atoms with Gasteiger partial charge in [0.2, 0.25) is 10.2 Å². The zero-order valence-corrected chi connectivity index (χ0v) is 40.7. The quantitative estimate of drug-likeness (QED) is 0.0766. The Labute approximate surface area is 413 Å². The maximum atomic E-state index is 13.2. The normalized spacial score (nSPS) is 15.3. The van der Waals surface area contributed by atoms with E-state index in [1.54, 1.807) is 61.7 Å². The van der Waals surface area contributed by atoms with Gasteiger partial charge in [0.15, 0.2) is 0 Å². The molecule has 4 N–H and O–H groups in total. The molecule has 0 radical (unpaired) electrons. The van der Waals surface area contributed by atoms with Crippen molar-refractivity contribution in [3.8, 4) is 5.75 Å². The number of alkyl halides is 3. The molecule has 2 fully saturated rings. The van der Waals surface area contributed by atoms with Gasteiger partial charge in [0.05, 0.1) is 31.5 Å². The van der Waals surface area contributed by atoms with Crippen LogP contribution in [-0.4, -0.2) is 82.6 Å². The third kappa shape index (κ3) is 13.2. The number of nitrogens with one attached hydrogen (secondary N) is 4. The van der Waals surface area contributed by atoms with Crippen LogP contribution in [0.4, 0.5) is 24.5 Å². The van der Waals surface area contributed by atoms with Crippen molar-refractivity contribution in [2.45, 2.75) is 67.2 Å². The standard InChI is InChI=1S/C24H23ClF3N3O4S.C24H26ClN3O5S/c25-17-7-5-16(6-8-17)23(32)29-15-19-9-10-22(35-19)36(33,34)31-13-11-18(12-14-31)30-21-4-2-1-3-20(21)24(26,27)28;1-32-22-5-3-2-4-21(22)27-19-12-14-28(15-13-19)34(30,31)23-11-10-20(33-23)16-26-24(29)17-6-8-18(25)9-7-17/h1-10,18,30H,11-15H2,(H,29,32);2-11,19,27H,12-16H2,1H3,(H,26,29). The molecule has 15 nitrogen and oxygen atoms in total. The van der Waals surface area contributed by atoms with Crippen LogP contribution in [0.3, 0.4) is 0 Å². The van der Waals surface area contributed by atoms with Crippen molar-refractivity contribution in [3.05, 3.63) is 160 Å². The topological polar surface area (TPSA) is 193 Å². The number of sulfonamides is 2. The number of anilines is 2. The average molecular weight is 1050 g/mol. The lowest BCUT2D eigenvalue weighted by molar-refractivity contribution is -0.137. The van der Waals surface area contributed by atoms with Gasteiger partial charge in [-0.05, 0) is 123 Å². The van der Waals surface area contributed by atoms with Gasteiger partial charge >= 0.3 is 6.18 Å². The van der Waals surface area contributed by atoms with Crippen LogP contribution in [0.15, 0.2) is 140 Å². The van der Waals surface area contributed by atoms with Gasteiger partial charge in [-0.2, -0.15) is 21.8 Å². The highest BCUT2D eigenvalue weighted by Crippen LogP contribution is 2.36. The van der Waals surface area contributed by atoms with Gasteiger partial charge in [-0.15, -0.1) is 0 Å². The second kappa shape index (κ2) is 22.8. The highest BCUT2D eigenvalue weighted by atomic mass is 35.5. The third-order valence-electron chi connectivity index (χ3n) is 11.5. The predicted molar refractivity (Wildman–Crippen MR) is 258 cm³/mol. The van der Waals surface area contributed by atoms with Crippen LogP contribution in [0.25, 0.3) is 0 Å². The number of benzene rings is 4. The number of halogens is 5. The van der Waals surface area contributed by atoms with Gasteiger partial charge in [0, 0.05) is 65.1 Å². The van der Waals surface area contributed by atoms with Crippen LogP contribution >= 0.6 is 23.2 Å². The van der Waals surface area contributed by atoms with Crippen molar-refractivity contribution in [1.82, 2.24) is 19.2 Å². The van der Waals surface area contributed by atoms with Gasteiger partial charge in [0.1, 0.15) is 17.3 Å². The number of piperidine rings is 2. The molecule has 70 heavy (non-hydrogen) atoms. The lowest BCUT2D eigenvalue weighted by Crippen LogP contribution is -2.42. The fraction of sp³-hybridized carbons (Fsp3) is 0.292. The van der Waals surface area contributed by atoms with Crippen LogP contribution in [0.2, 0.25) is 10.0 Å². The molecule has 0 unspecified atom stereocenters. The van der Waals surface area contributed by atoms with E-state index in [2.05, 4.69) is 21.3 Å². The maximum absolute atomic E-state index is 13.2. The third-order valence-corrected chi connectivity index (χ3v) is 15.5. The number of carbonyl (C=O) groups excluding carboxylic acids is 2. The largest absolute Gasteiger partial charge is 0.495 e. The Bertz CT molecular complexity index is 2960. The number of methoxy groups -OCH3 is 1. The zero-order valence-electron chi connectivity index (χ0n) is 37.5. The molecule has 2 aliphatic rings. The van der Waals surface area contributed by atoms with Crippen molar-refractivity contribution in [3.63, 3.8) is 0 Å². The number of rotatable bonds is 15. The average Bonchev–Trinajstić information content (AvgIpc) is 4.05. The van der Waals surface area contributed by atoms with Crippen molar-refractivity contribution < 1.29 is 53.2 Å². The molecule has 2 saturated heterocycles. The summed E-state index contributed by atoms with van der Waals surface area (Å²) in [6, 6.07) is 31.3. The highest BCUT2D eigenvalue weighted by molar-refractivity contribution is 7.89. The molecule has 0 saturated carbocycles. The minimum Gasteiger partial charge on any atom is -0.495 e. The zero-order chi connectivity index (χ0) is 50.1. The van der Waals surface area contributed by atoms with Crippen LogP contribution in [0.5, 0.6) is 5.75 Å². The number of para-hydroxylation sites is 3. The second-order valence-corrected chi connectivity index (χ2v) is 20.8. The van der Waals surface area contributed by atoms with E-state index < -0.39 is 31.8 Å². The predicted octanol–water partition coefficient (Wildman–Crippen LogP) is 9.28. The minimum atomic E-state index is -4.49. The van der Waals surface area contributed by atoms with E-state index in [4.69, 9.17) is 36.8 Å². The summed E-state index contributed by atoms with van der Waals surface area (Å²) in [7, 11) is -6.07. The SMILES string of the molecule is COc1ccccc1NC1CCN(S(=O)(=O)c2ccc(CNC(=O)c3ccc(Cl)cc3)o2)CC1.O=C(NCc1ccc(S(=O)(=O)N2CCC(Nc3ccccc3C(F)(F)F)CC2)o1)c1ccc(Cl)cc1. The summed E-state index contributed by atoms with van der Waals surface area (Å²) in [6.45, 7) is 1.05. The van der Waals surface area contributed by atoms with E-state index >= 15 is 0 Å². The van der Waals surface area contributed by atoms with Gasteiger partial charge in [-0.1, -0.05) is 47.5 Å². The second-order valence-electron chi connectivity index (χ2n) is 16.2. The van der Waals surface area contributed by atoms with Gasteiger partial charge in [-0.3, -0.25) is 9.59 Å². The Morgan fingerprint density at radius 3 is 1.43 bits per heavy atom. The molecular weight excluding hydrogens is 997 g/mol. The minimum absolute atomic E-state index is 0.0123. The monoisotopic (exact) mass is 1040 g/mol. The number of ether oxygens (including phenoxy) is 1. The summed E-state index contributed by atoms with van der Waals surface area (Å²) < 4.78 is 111. The van der Waals surface area contributed by atoms with Crippen molar-refractivity contribution in [1.29, 1.82) is 0 Å². The Kier molecular flexibility index (Phi) is 16.9. The molecule has 2 amide bonds. The number of furan rings is 2. The molecule has 0 atom stereocenters. The van der Waals surface area contributed by atoms with Gasteiger partial charge < -0.3 is 34.8 Å². The lowest BCUT2D eigenvalue weighted by atomic mass is 10.0. The molecule has 0 spiro atoms. The number of hydrogen-bond acceptors (Lipinski definition) is 11. The van der Waals surface area contributed by atoms with E-state index in [1.165, 1.54) is 45.0 Å². The number of nitrogens with zero attached hydrogens (tertiary/aromatic N) is 2. The molecule has 6 aromatic rings. The van der Waals surface area contributed by atoms with Gasteiger partial charge in [0.25, 0.3) is 31.9 Å². The van der Waals surface area contributed by atoms with E-state index in [0.29, 0.717) is 65.7 Å². The Balaban J connectivity index is 0.000000207. The highest BCUT2D eigenvalue weighted by Gasteiger charge is 2.36. The summed E-state index contributed by atoms with van der Waals surface area (Å²) in [5.41, 5.74) is 0.957. The molecular formula is C48H49Cl2F3N6O9S2. The summed E-state index contributed by atoms with van der Waals surface area (Å²) >= 11 is 11.7. The molecule has 2 aromatic heterocycles. The fourth-order valence-corrected chi connectivity index (χ4v) is 10.8. The Morgan fingerprint density at radius 1 is 0.600 bits per heavy atom. The van der Waals surface area contributed by atoms with Crippen LogP contribution < -0.4 is 26.0 Å². The van der Waals surface area contributed by atoms with Crippen LogP contribution in [-0.2, 0) is 39.3 Å². The van der Waals surface area contributed by atoms with E-state index in [0.717, 1.165) is 17.5 Å². The molecule has 372 valence electrons. The summed E-state index contributed by atoms with van der Waals surface area (Å²) in [6.07, 6.45) is -2.52. The number of hydrogen-bond donors (Lipinski definition) is 4. The van der Waals surface area contributed by atoms with Gasteiger partial charge in [-0.25, -0.2) is 16.8 Å². The number of amides is 2. The van der Waals surface area contributed by atoms with Crippen LogP contribution in [0, 0.1) is 0 Å². The molecule has 0 aliphatic carbocycles. The van der Waals surface area contributed by atoms with Crippen LogP contribution in [0.1, 0.15) is 63.5 Å². The molecule has 22 heteroatoms. The smallest absolute Gasteiger partial charge is 0.418 e. The van der Waals surface area contributed by atoms with E-state index in [1.807, 2.05) is 24.3 Å². The van der Waals surface area contributed by atoms with E-state index in [9.17, 15) is 39.6 Å². The first-order valence-electron chi connectivity index (χ1n) is 22.0. The first-order valence-corrected chi connectivity index (χ1v) is 25.6. The molecule has 0 bridgehead atoms. The van der Waals surface area contributed by atoms with Crippen molar-refractivity contribution in [2.24, 2.45) is 0 Å². The Hall–Kier alpha value is -6.03. The van der Waals surface area contributed by atoms with E-state index in [-0.39, 0.29) is 71.7 Å². The van der Waals surface area contributed by atoms with Crippen molar-refractivity contribution >= 4 is 66.4 Å². The lowest BCUT2D eigenvalue weighted by Gasteiger charge is -2.32. The molecule has 8 rings (SSSR count).